The SMILES string of the molecule is CC(C)[CH]CC=O. The van der Waals surface area contributed by atoms with Gasteiger partial charge >= 0.3 is 0 Å². The minimum atomic E-state index is 0.546. The van der Waals surface area contributed by atoms with Crippen molar-refractivity contribution in [1.29, 1.82) is 0 Å². The average Bonchev–Trinajstić information content (AvgIpc) is 1.61. The Hall–Kier alpha value is -0.330. The Kier molecular flexibility index (Phi) is 3.67. The van der Waals surface area contributed by atoms with Gasteiger partial charge in [-0.15, -0.1) is 0 Å². The molecule has 0 amide bonds. The van der Waals surface area contributed by atoms with Gasteiger partial charge in [0.2, 0.25) is 0 Å². The maximum atomic E-state index is 9.68. The van der Waals surface area contributed by atoms with Crippen LogP contribution < -0.4 is 0 Å². The first-order valence-electron chi connectivity index (χ1n) is 2.54. The second-order valence-corrected chi connectivity index (χ2v) is 1.88. The zero-order valence-electron chi connectivity index (χ0n) is 4.85. The van der Waals surface area contributed by atoms with Crippen LogP contribution in [0, 0.1) is 12.3 Å². The molecule has 0 saturated carbocycles. The van der Waals surface area contributed by atoms with E-state index in [0.717, 1.165) is 6.29 Å². The Morgan fingerprint density at radius 3 is 2.29 bits per heavy atom. The van der Waals surface area contributed by atoms with Crippen LogP contribution in [-0.2, 0) is 4.79 Å². The molecule has 0 aromatic carbocycles. The molecule has 0 rings (SSSR count). The van der Waals surface area contributed by atoms with E-state index in [2.05, 4.69) is 13.8 Å². The maximum Gasteiger partial charge on any atom is 0.120 e. The Balaban J connectivity index is 2.81. The van der Waals surface area contributed by atoms with E-state index in [-0.39, 0.29) is 0 Å². The van der Waals surface area contributed by atoms with Crippen LogP contribution in [-0.4, -0.2) is 6.29 Å². The zero-order valence-corrected chi connectivity index (χ0v) is 4.85. The van der Waals surface area contributed by atoms with E-state index in [4.69, 9.17) is 0 Å². The molecule has 1 radical (unpaired) electrons. The summed E-state index contributed by atoms with van der Waals surface area (Å²) in [5.41, 5.74) is 0. The predicted molar refractivity (Wildman–Crippen MR) is 29.8 cm³/mol. The number of rotatable bonds is 3. The van der Waals surface area contributed by atoms with Crippen molar-refractivity contribution in [3.63, 3.8) is 0 Å². The summed E-state index contributed by atoms with van der Waals surface area (Å²) in [6.45, 7) is 4.12. The first kappa shape index (κ1) is 6.67. The number of aldehydes is 1. The number of hydrogen-bond donors (Lipinski definition) is 0. The highest BCUT2D eigenvalue weighted by atomic mass is 16.1. The summed E-state index contributed by atoms with van der Waals surface area (Å²) in [5.74, 6) is 0.546. The molecule has 0 saturated heterocycles. The molecule has 0 heterocycles. The standard InChI is InChI=1S/C6H11O/c1-6(2)4-3-5-7/h4-6H,3H2,1-2H3. The van der Waals surface area contributed by atoms with Gasteiger partial charge in [-0.2, -0.15) is 0 Å². The molecule has 0 fully saturated rings. The van der Waals surface area contributed by atoms with Crippen molar-refractivity contribution < 1.29 is 4.79 Å². The monoisotopic (exact) mass is 99.1 g/mol. The molecule has 0 spiro atoms. The summed E-state index contributed by atoms with van der Waals surface area (Å²) in [6, 6.07) is 0. The lowest BCUT2D eigenvalue weighted by atomic mass is 10.1. The minimum absolute atomic E-state index is 0.546. The first-order chi connectivity index (χ1) is 3.27. The lowest BCUT2D eigenvalue weighted by Gasteiger charge is -1.94. The molecular formula is C6H11O. The summed E-state index contributed by atoms with van der Waals surface area (Å²) in [5, 5.41) is 0. The number of carbonyl (C=O) groups is 1. The second kappa shape index (κ2) is 3.85. The highest BCUT2D eigenvalue weighted by molar-refractivity contribution is 5.51. The summed E-state index contributed by atoms with van der Waals surface area (Å²) in [7, 11) is 0. The molecule has 1 heteroatoms. The van der Waals surface area contributed by atoms with Crippen LogP contribution in [0.5, 0.6) is 0 Å². The summed E-state index contributed by atoms with van der Waals surface area (Å²) >= 11 is 0. The van der Waals surface area contributed by atoms with Crippen LogP contribution in [0.2, 0.25) is 0 Å². The third-order valence-corrected chi connectivity index (χ3v) is 0.704. The quantitative estimate of drug-likeness (QED) is 0.489. The van der Waals surface area contributed by atoms with E-state index in [9.17, 15) is 4.79 Å². The summed E-state index contributed by atoms with van der Waals surface area (Å²) in [4.78, 5) is 9.68. The smallest absolute Gasteiger partial charge is 0.120 e. The summed E-state index contributed by atoms with van der Waals surface area (Å²) < 4.78 is 0. The van der Waals surface area contributed by atoms with Gasteiger partial charge in [-0.05, 0) is 12.3 Å². The van der Waals surface area contributed by atoms with Crippen LogP contribution in [0.1, 0.15) is 20.3 Å². The molecule has 0 aliphatic heterocycles. The number of hydrogen-bond acceptors (Lipinski definition) is 1. The van der Waals surface area contributed by atoms with E-state index in [1.54, 1.807) is 0 Å². The molecule has 0 aromatic rings. The Bertz CT molecular complexity index is 48.1. The van der Waals surface area contributed by atoms with Crippen molar-refractivity contribution in [3.8, 4) is 0 Å². The largest absolute Gasteiger partial charge is 0.303 e. The molecule has 0 bridgehead atoms. The maximum absolute atomic E-state index is 9.68. The van der Waals surface area contributed by atoms with Crippen molar-refractivity contribution in [2.24, 2.45) is 5.92 Å². The molecule has 0 atom stereocenters. The highest BCUT2D eigenvalue weighted by Gasteiger charge is 1.89. The average molecular weight is 99.2 g/mol. The fourth-order valence-electron chi connectivity index (χ4n) is 0.328. The minimum Gasteiger partial charge on any atom is -0.303 e. The third-order valence-electron chi connectivity index (χ3n) is 0.704. The van der Waals surface area contributed by atoms with Gasteiger partial charge in [-0.25, -0.2) is 0 Å². The van der Waals surface area contributed by atoms with E-state index < -0.39 is 0 Å². The Morgan fingerprint density at radius 2 is 2.14 bits per heavy atom. The molecule has 0 aliphatic carbocycles. The Morgan fingerprint density at radius 1 is 1.57 bits per heavy atom. The highest BCUT2D eigenvalue weighted by Crippen LogP contribution is 1.97. The van der Waals surface area contributed by atoms with Crippen molar-refractivity contribution >= 4 is 6.29 Å². The van der Waals surface area contributed by atoms with E-state index >= 15 is 0 Å². The molecule has 0 unspecified atom stereocenters. The van der Waals surface area contributed by atoms with Crippen LogP contribution in [0.4, 0.5) is 0 Å². The lowest BCUT2D eigenvalue weighted by Crippen LogP contribution is -1.87. The van der Waals surface area contributed by atoms with E-state index in [1.165, 1.54) is 0 Å². The molecule has 41 valence electrons. The summed E-state index contributed by atoms with van der Waals surface area (Å²) in [6.07, 6.45) is 3.49. The molecule has 0 N–H and O–H groups in total. The van der Waals surface area contributed by atoms with Crippen LogP contribution in [0.15, 0.2) is 0 Å². The van der Waals surface area contributed by atoms with Crippen molar-refractivity contribution in [2.45, 2.75) is 20.3 Å². The third kappa shape index (κ3) is 5.67. The topological polar surface area (TPSA) is 17.1 Å². The fraction of sp³-hybridized carbons (Fsp3) is 0.667. The van der Waals surface area contributed by atoms with Crippen molar-refractivity contribution in [1.82, 2.24) is 0 Å². The van der Waals surface area contributed by atoms with Crippen molar-refractivity contribution in [3.05, 3.63) is 6.42 Å². The van der Waals surface area contributed by atoms with Gasteiger partial charge in [0, 0.05) is 6.42 Å². The Labute approximate surface area is 44.7 Å². The first-order valence-corrected chi connectivity index (χ1v) is 2.54. The van der Waals surface area contributed by atoms with Gasteiger partial charge < -0.3 is 4.79 Å². The molecular weight excluding hydrogens is 88.1 g/mol. The van der Waals surface area contributed by atoms with Crippen LogP contribution in [0.3, 0.4) is 0 Å². The van der Waals surface area contributed by atoms with Crippen LogP contribution >= 0.6 is 0 Å². The predicted octanol–water partition coefficient (Wildman–Crippen LogP) is 1.44. The van der Waals surface area contributed by atoms with Crippen molar-refractivity contribution in [2.75, 3.05) is 0 Å². The van der Waals surface area contributed by atoms with Gasteiger partial charge in [0.25, 0.3) is 0 Å². The van der Waals surface area contributed by atoms with Gasteiger partial charge in [0.1, 0.15) is 6.29 Å². The molecule has 7 heavy (non-hydrogen) atoms. The normalized spacial score (nSPS) is 9.57. The van der Waals surface area contributed by atoms with Gasteiger partial charge in [-0.3, -0.25) is 0 Å². The molecule has 1 nitrogen and oxygen atoms in total. The second-order valence-electron chi connectivity index (χ2n) is 1.88. The van der Waals surface area contributed by atoms with Crippen LogP contribution in [0.25, 0.3) is 0 Å². The molecule has 0 aliphatic rings. The number of carbonyl (C=O) groups excluding carboxylic acids is 1. The fourth-order valence-corrected chi connectivity index (χ4v) is 0.328. The molecule has 0 aromatic heterocycles. The van der Waals surface area contributed by atoms with Gasteiger partial charge in [0.05, 0.1) is 0 Å². The van der Waals surface area contributed by atoms with Gasteiger partial charge in [-0.1, -0.05) is 13.8 Å². The zero-order chi connectivity index (χ0) is 5.70. The van der Waals surface area contributed by atoms with E-state index in [0.29, 0.717) is 12.3 Å². The lowest BCUT2D eigenvalue weighted by molar-refractivity contribution is -0.107. The van der Waals surface area contributed by atoms with E-state index in [1.807, 2.05) is 6.42 Å². The van der Waals surface area contributed by atoms with Gasteiger partial charge in [0.15, 0.2) is 0 Å².